The first-order valence-electron chi connectivity index (χ1n) is 11.6. The Hall–Kier alpha value is -2.89. The molecule has 200 valence electrons. The van der Waals surface area contributed by atoms with Gasteiger partial charge in [-0.2, -0.15) is 0 Å². The lowest BCUT2D eigenvalue weighted by atomic mass is 10.1. The van der Waals surface area contributed by atoms with Crippen molar-refractivity contribution < 1.29 is 22.9 Å². The monoisotopic (exact) mass is 570 g/mol. The fraction of sp³-hybridized carbons (Fsp3) is 0.417. The topological polar surface area (TPSA) is 130 Å². The van der Waals surface area contributed by atoms with Crippen molar-refractivity contribution in [3.8, 4) is 0 Å². The van der Waals surface area contributed by atoms with E-state index >= 15 is 0 Å². The molecule has 1 N–H and O–H groups in total. The molecule has 2 aromatic rings. The molecule has 1 aliphatic carbocycles. The second-order valence-corrected chi connectivity index (χ2v) is 11.7. The number of sulfonamides is 1. The standard InChI is InChI=1S/C24H28Cl2N4O6S/c1-16(24(32)27-19-6-3-4-7-19)28(14-17-10-11-18(25)12-22(17)26)23(31)15-29(37(2,35)36)20-8-5-9-21(13-20)30(33)34/h5,8-13,16,19H,3-4,6-7,14-15H2,1-2H3,(H,27,32). The third-order valence-electron chi connectivity index (χ3n) is 6.23. The number of nitrogens with one attached hydrogen (secondary N) is 1. The minimum absolute atomic E-state index is 0.0170. The molecule has 1 aliphatic rings. The van der Waals surface area contributed by atoms with Crippen LogP contribution in [-0.2, 0) is 26.2 Å². The van der Waals surface area contributed by atoms with Crippen molar-refractivity contribution in [2.24, 2.45) is 0 Å². The van der Waals surface area contributed by atoms with Crippen molar-refractivity contribution in [1.29, 1.82) is 0 Å². The van der Waals surface area contributed by atoms with Crippen LogP contribution in [0.25, 0.3) is 0 Å². The van der Waals surface area contributed by atoms with E-state index in [1.54, 1.807) is 19.1 Å². The van der Waals surface area contributed by atoms with Gasteiger partial charge < -0.3 is 10.2 Å². The van der Waals surface area contributed by atoms with Crippen LogP contribution >= 0.6 is 23.2 Å². The van der Waals surface area contributed by atoms with E-state index in [0.717, 1.165) is 42.3 Å². The van der Waals surface area contributed by atoms with Crippen LogP contribution in [-0.4, -0.2) is 54.9 Å². The maximum absolute atomic E-state index is 13.6. The highest BCUT2D eigenvalue weighted by molar-refractivity contribution is 7.92. The molecule has 10 nitrogen and oxygen atoms in total. The summed E-state index contributed by atoms with van der Waals surface area (Å²) < 4.78 is 26.0. The van der Waals surface area contributed by atoms with E-state index in [2.05, 4.69) is 5.32 Å². The lowest BCUT2D eigenvalue weighted by Crippen LogP contribution is -2.52. The highest BCUT2D eigenvalue weighted by Gasteiger charge is 2.32. The molecule has 2 aromatic carbocycles. The van der Waals surface area contributed by atoms with Gasteiger partial charge >= 0.3 is 0 Å². The number of carbonyl (C=O) groups excluding carboxylic acids is 2. The Labute approximate surface area is 225 Å². The molecule has 1 saturated carbocycles. The van der Waals surface area contributed by atoms with Crippen LogP contribution in [0.5, 0.6) is 0 Å². The zero-order valence-corrected chi connectivity index (χ0v) is 22.7. The number of hydrogen-bond acceptors (Lipinski definition) is 6. The highest BCUT2D eigenvalue weighted by atomic mass is 35.5. The first kappa shape index (κ1) is 28.7. The molecule has 1 fully saturated rings. The van der Waals surface area contributed by atoms with E-state index in [1.807, 2.05) is 0 Å². The van der Waals surface area contributed by atoms with Crippen molar-refractivity contribution in [1.82, 2.24) is 10.2 Å². The van der Waals surface area contributed by atoms with Crippen LogP contribution in [0.3, 0.4) is 0 Å². The summed E-state index contributed by atoms with van der Waals surface area (Å²) in [4.78, 5) is 38.5. The van der Waals surface area contributed by atoms with Gasteiger partial charge in [-0.25, -0.2) is 8.42 Å². The largest absolute Gasteiger partial charge is 0.352 e. The number of benzene rings is 2. The number of anilines is 1. The second-order valence-electron chi connectivity index (χ2n) is 8.97. The third kappa shape index (κ3) is 7.56. The van der Waals surface area contributed by atoms with Crippen LogP contribution in [0.4, 0.5) is 11.4 Å². The van der Waals surface area contributed by atoms with Gasteiger partial charge in [0.2, 0.25) is 21.8 Å². The van der Waals surface area contributed by atoms with E-state index in [9.17, 15) is 28.1 Å². The average Bonchev–Trinajstić information content (AvgIpc) is 3.34. The smallest absolute Gasteiger partial charge is 0.271 e. The number of hydrogen-bond donors (Lipinski definition) is 1. The molecular weight excluding hydrogens is 543 g/mol. The molecule has 0 aromatic heterocycles. The van der Waals surface area contributed by atoms with E-state index in [0.29, 0.717) is 10.6 Å². The molecule has 37 heavy (non-hydrogen) atoms. The van der Waals surface area contributed by atoms with Crippen LogP contribution in [0.2, 0.25) is 10.0 Å². The molecule has 1 unspecified atom stereocenters. The Bertz CT molecular complexity index is 1280. The number of rotatable bonds is 10. The van der Waals surface area contributed by atoms with Crippen LogP contribution in [0.15, 0.2) is 42.5 Å². The number of amides is 2. The summed E-state index contributed by atoms with van der Waals surface area (Å²) in [6.45, 7) is 0.803. The van der Waals surface area contributed by atoms with Gasteiger partial charge in [0.05, 0.1) is 16.9 Å². The molecule has 0 saturated heterocycles. The van der Waals surface area contributed by atoms with Gasteiger partial charge in [0.1, 0.15) is 12.6 Å². The highest BCUT2D eigenvalue weighted by Crippen LogP contribution is 2.26. The number of carbonyl (C=O) groups is 2. The molecule has 0 heterocycles. The van der Waals surface area contributed by atoms with Crippen molar-refractivity contribution in [2.75, 3.05) is 17.1 Å². The SMILES string of the molecule is CC(C(=O)NC1CCCC1)N(Cc1ccc(Cl)cc1Cl)C(=O)CN(c1cccc([N+](=O)[O-])c1)S(C)(=O)=O. The summed E-state index contributed by atoms with van der Waals surface area (Å²) in [6, 6.07) is 8.78. The third-order valence-corrected chi connectivity index (χ3v) is 7.96. The normalized spacial score (nSPS) is 14.7. The van der Waals surface area contributed by atoms with Crippen molar-refractivity contribution in [3.05, 3.63) is 68.2 Å². The fourth-order valence-electron chi connectivity index (χ4n) is 4.18. The summed E-state index contributed by atoms with van der Waals surface area (Å²) in [5.41, 5.74) is 0.145. The van der Waals surface area contributed by atoms with Gasteiger partial charge in [0.15, 0.2) is 0 Å². The zero-order chi connectivity index (χ0) is 27.3. The fourth-order valence-corrected chi connectivity index (χ4v) is 5.49. The Kier molecular flexibility index (Phi) is 9.38. The zero-order valence-electron chi connectivity index (χ0n) is 20.4. The predicted molar refractivity (Wildman–Crippen MR) is 142 cm³/mol. The van der Waals surface area contributed by atoms with Gasteiger partial charge in [-0.1, -0.05) is 48.2 Å². The average molecular weight is 571 g/mol. The summed E-state index contributed by atoms with van der Waals surface area (Å²) in [7, 11) is -4.02. The summed E-state index contributed by atoms with van der Waals surface area (Å²) in [5, 5.41) is 14.9. The van der Waals surface area contributed by atoms with Crippen molar-refractivity contribution in [3.63, 3.8) is 0 Å². The summed E-state index contributed by atoms with van der Waals surface area (Å²) >= 11 is 12.3. The first-order chi connectivity index (χ1) is 17.4. The number of halogens is 2. The number of non-ortho nitro benzene ring substituents is 1. The van der Waals surface area contributed by atoms with E-state index in [1.165, 1.54) is 29.2 Å². The molecule has 0 aliphatic heterocycles. The van der Waals surface area contributed by atoms with Crippen LogP contribution < -0.4 is 9.62 Å². The van der Waals surface area contributed by atoms with Crippen molar-refractivity contribution >= 4 is 56.4 Å². The van der Waals surface area contributed by atoms with Gasteiger partial charge in [-0.3, -0.25) is 24.0 Å². The molecule has 1 atom stereocenters. The van der Waals surface area contributed by atoms with Crippen LogP contribution in [0.1, 0.15) is 38.2 Å². The first-order valence-corrected chi connectivity index (χ1v) is 14.2. The maximum atomic E-state index is 13.6. The van der Waals surface area contributed by atoms with Gasteiger partial charge in [-0.15, -0.1) is 0 Å². The predicted octanol–water partition coefficient (Wildman–Crippen LogP) is 4.14. The Morgan fingerprint density at radius 3 is 2.43 bits per heavy atom. The van der Waals surface area contributed by atoms with Gasteiger partial charge in [-0.05, 0) is 43.5 Å². The van der Waals surface area contributed by atoms with Crippen molar-refractivity contribution in [2.45, 2.75) is 51.2 Å². The number of nitro benzene ring substituents is 1. The number of nitrogens with zero attached hydrogens (tertiary/aromatic N) is 3. The quantitative estimate of drug-likeness (QED) is 0.337. The number of nitro groups is 1. The minimum Gasteiger partial charge on any atom is -0.352 e. The minimum atomic E-state index is -4.02. The Morgan fingerprint density at radius 2 is 1.84 bits per heavy atom. The molecule has 3 rings (SSSR count). The summed E-state index contributed by atoms with van der Waals surface area (Å²) in [5.74, 6) is -1.05. The Balaban J connectivity index is 1.93. The van der Waals surface area contributed by atoms with E-state index < -0.39 is 33.4 Å². The van der Waals surface area contributed by atoms with E-state index in [-0.39, 0.29) is 34.9 Å². The lowest BCUT2D eigenvalue weighted by Gasteiger charge is -2.32. The lowest BCUT2D eigenvalue weighted by molar-refractivity contribution is -0.384. The molecule has 0 bridgehead atoms. The molecule has 13 heteroatoms. The molecule has 2 amide bonds. The van der Waals surface area contributed by atoms with Gasteiger partial charge in [0.25, 0.3) is 5.69 Å². The molecule has 0 spiro atoms. The molecule has 0 radical (unpaired) electrons. The molecular formula is C24H28Cl2N4O6S. The van der Waals surface area contributed by atoms with E-state index in [4.69, 9.17) is 23.2 Å². The Morgan fingerprint density at radius 1 is 1.16 bits per heavy atom. The second kappa shape index (κ2) is 12.1. The van der Waals surface area contributed by atoms with Gasteiger partial charge in [0, 0.05) is 34.8 Å². The summed E-state index contributed by atoms with van der Waals surface area (Å²) in [6.07, 6.45) is 4.62. The van der Waals surface area contributed by atoms with Crippen LogP contribution in [0, 0.1) is 10.1 Å². The maximum Gasteiger partial charge on any atom is 0.271 e.